The molecule has 0 radical (unpaired) electrons. The predicted octanol–water partition coefficient (Wildman–Crippen LogP) is 6.70. The summed E-state index contributed by atoms with van der Waals surface area (Å²) in [4.78, 5) is 0. The molecule has 0 bridgehead atoms. The summed E-state index contributed by atoms with van der Waals surface area (Å²) < 4.78 is 0. The van der Waals surface area contributed by atoms with Gasteiger partial charge in [0, 0.05) is 0 Å². The van der Waals surface area contributed by atoms with Gasteiger partial charge in [0.15, 0.2) is 0 Å². The molecular weight excluding hydrogens is 406 g/mol. The van der Waals surface area contributed by atoms with Gasteiger partial charge in [-0.2, -0.15) is 5.26 Å². The van der Waals surface area contributed by atoms with Crippen LogP contribution in [-0.4, -0.2) is 16.3 Å². The Balaban J connectivity index is 1.23. The van der Waals surface area contributed by atoms with Gasteiger partial charge in [-0.05, 0) is 116 Å². The second kappa shape index (κ2) is 8.86. The Morgan fingerprint density at radius 2 is 1.97 bits per heavy atom. The second-order valence-electron chi connectivity index (χ2n) is 12.2. The maximum absolute atomic E-state index is 10.7. The van der Waals surface area contributed by atoms with Gasteiger partial charge in [0.25, 0.3) is 0 Å². The summed E-state index contributed by atoms with van der Waals surface area (Å²) in [5, 5.41) is 30.1. The Bertz CT molecular complexity index is 947. The minimum absolute atomic E-state index is 0.122. The predicted molar refractivity (Wildman–Crippen MR) is 131 cm³/mol. The number of hydrogen-bond acceptors (Lipinski definition) is 3. The fraction of sp³-hybridized carbons (Fsp3) is 0.700. The Labute approximate surface area is 199 Å². The van der Waals surface area contributed by atoms with Crippen LogP contribution in [0.2, 0.25) is 0 Å². The number of nitrogens with zero attached hydrogens (tertiary/aromatic N) is 1. The van der Waals surface area contributed by atoms with Crippen LogP contribution in [0.5, 0.6) is 0 Å². The fourth-order valence-corrected chi connectivity index (χ4v) is 8.76. The van der Waals surface area contributed by atoms with Crippen LogP contribution in [0, 0.1) is 45.8 Å². The molecule has 3 saturated carbocycles. The van der Waals surface area contributed by atoms with Gasteiger partial charge < -0.3 is 10.2 Å². The number of aliphatic hydroxyl groups excluding tert-OH is 2. The third-order valence-electron chi connectivity index (χ3n) is 10.7. The van der Waals surface area contributed by atoms with Crippen molar-refractivity contribution in [3.63, 3.8) is 0 Å². The maximum Gasteiger partial charge on any atom is 0.0991 e. The van der Waals surface area contributed by atoms with Gasteiger partial charge in [0.05, 0.1) is 23.8 Å². The van der Waals surface area contributed by atoms with E-state index in [1.807, 2.05) is 18.2 Å². The van der Waals surface area contributed by atoms with E-state index in [-0.39, 0.29) is 6.10 Å². The quantitative estimate of drug-likeness (QED) is 0.494. The maximum atomic E-state index is 10.7. The summed E-state index contributed by atoms with van der Waals surface area (Å²) in [5.74, 6) is 3.22. The van der Waals surface area contributed by atoms with E-state index >= 15 is 0 Å². The lowest BCUT2D eigenvalue weighted by atomic mass is 9.47. The standard InChI is InChI=1S/C30H41NO2/c1-29-16-14-27-25(11-9-23-18-24(32)13-15-30(23,27)2)26(29)12-10-22(29)7-4-8-28(33)21-6-3-5-20(17-21)19-31/h3,5-6,9,17,22,24-28,32-33H,4,7-8,10-16,18H2,1-2H3. The molecule has 5 rings (SSSR count). The smallest absolute Gasteiger partial charge is 0.0991 e. The van der Waals surface area contributed by atoms with Crippen LogP contribution in [-0.2, 0) is 0 Å². The zero-order valence-corrected chi connectivity index (χ0v) is 20.5. The lowest BCUT2D eigenvalue weighted by Crippen LogP contribution is -2.50. The number of fused-ring (bicyclic) bond motifs is 5. The van der Waals surface area contributed by atoms with Gasteiger partial charge in [0.2, 0.25) is 0 Å². The highest BCUT2D eigenvalue weighted by Crippen LogP contribution is 2.66. The van der Waals surface area contributed by atoms with Crippen LogP contribution in [0.15, 0.2) is 35.9 Å². The molecule has 2 N–H and O–H groups in total. The zero-order chi connectivity index (χ0) is 23.2. The average molecular weight is 448 g/mol. The van der Waals surface area contributed by atoms with E-state index in [4.69, 9.17) is 5.26 Å². The zero-order valence-electron chi connectivity index (χ0n) is 20.5. The molecule has 0 saturated heterocycles. The summed E-state index contributed by atoms with van der Waals surface area (Å²) >= 11 is 0. The molecule has 3 heteroatoms. The van der Waals surface area contributed by atoms with Crippen molar-refractivity contribution in [1.82, 2.24) is 0 Å². The molecule has 3 nitrogen and oxygen atoms in total. The minimum Gasteiger partial charge on any atom is -0.393 e. The molecule has 0 spiro atoms. The van der Waals surface area contributed by atoms with E-state index in [1.54, 1.807) is 11.6 Å². The summed E-state index contributed by atoms with van der Waals surface area (Å²) in [7, 11) is 0. The van der Waals surface area contributed by atoms with Crippen molar-refractivity contribution in [1.29, 1.82) is 5.26 Å². The van der Waals surface area contributed by atoms with Crippen LogP contribution in [0.1, 0.15) is 102 Å². The fourth-order valence-electron chi connectivity index (χ4n) is 8.76. The van der Waals surface area contributed by atoms with Crippen molar-refractivity contribution >= 4 is 0 Å². The van der Waals surface area contributed by atoms with E-state index in [2.05, 4.69) is 26.0 Å². The van der Waals surface area contributed by atoms with Crippen molar-refractivity contribution in [2.45, 2.75) is 96.7 Å². The summed E-state index contributed by atoms with van der Waals surface area (Å²) in [6.45, 7) is 5.10. The highest BCUT2D eigenvalue weighted by molar-refractivity contribution is 5.33. The van der Waals surface area contributed by atoms with Gasteiger partial charge in [-0.1, -0.05) is 44.1 Å². The third-order valence-corrected chi connectivity index (χ3v) is 10.7. The molecule has 8 atom stereocenters. The number of benzene rings is 1. The van der Waals surface area contributed by atoms with Gasteiger partial charge in [-0.15, -0.1) is 0 Å². The SMILES string of the molecule is CC12CCC(O)CC1=CCC1C2CCC2(C)C(CCCC(O)c3cccc(C#N)c3)CCC12. The van der Waals surface area contributed by atoms with Crippen LogP contribution < -0.4 is 0 Å². The Hall–Kier alpha value is -1.63. The molecule has 178 valence electrons. The first-order valence-corrected chi connectivity index (χ1v) is 13.4. The molecular formula is C30H41NO2. The Kier molecular flexibility index (Phi) is 6.21. The largest absolute Gasteiger partial charge is 0.393 e. The first-order valence-electron chi connectivity index (χ1n) is 13.4. The lowest BCUT2D eigenvalue weighted by molar-refractivity contribution is -0.0511. The minimum atomic E-state index is -0.470. The van der Waals surface area contributed by atoms with Crippen molar-refractivity contribution in [3.05, 3.63) is 47.0 Å². The lowest BCUT2D eigenvalue weighted by Gasteiger charge is -2.58. The highest BCUT2D eigenvalue weighted by atomic mass is 16.3. The molecule has 33 heavy (non-hydrogen) atoms. The van der Waals surface area contributed by atoms with E-state index in [9.17, 15) is 10.2 Å². The third kappa shape index (κ3) is 3.98. The summed E-state index contributed by atoms with van der Waals surface area (Å²) in [6, 6.07) is 9.61. The highest BCUT2D eigenvalue weighted by Gasteiger charge is 2.58. The van der Waals surface area contributed by atoms with Gasteiger partial charge >= 0.3 is 0 Å². The number of nitriles is 1. The number of aliphatic hydroxyl groups is 2. The molecule has 0 heterocycles. The van der Waals surface area contributed by atoms with Gasteiger partial charge in [-0.25, -0.2) is 0 Å². The average Bonchev–Trinajstić information content (AvgIpc) is 3.16. The van der Waals surface area contributed by atoms with Gasteiger partial charge in [0.1, 0.15) is 0 Å². The van der Waals surface area contributed by atoms with E-state index < -0.39 is 6.10 Å². The normalized spacial score (nSPS) is 40.7. The number of allylic oxidation sites excluding steroid dienone is 1. The van der Waals surface area contributed by atoms with E-state index in [0.717, 1.165) is 54.9 Å². The Morgan fingerprint density at radius 1 is 1.12 bits per heavy atom. The van der Waals surface area contributed by atoms with E-state index in [1.165, 1.54) is 44.9 Å². The first-order chi connectivity index (χ1) is 15.8. The monoisotopic (exact) mass is 447 g/mol. The van der Waals surface area contributed by atoms with Crippen LogP contribution in [0.3, 0.4) is 0 Å². The first kappa shape index (κ1) is 23.1. The number of hydrogen-bond donors (Lipinski definition) is 2. The molecule has 4 aliphatic rings. The summed E-state index contributed by atoms with van der Waals surface area (Å²) in [6.07, 6.45) is 14.7. The molecule has 8 unspecified atom stereocenters. The van der Waals surface area contributed by atoms with Crippen LogP contribution in [0.4, 0.5) is 0 Å². The topological polar surface area (TPSA) is 64.2 Å². The van der Waals surface area contributed by atoms with Crippen molar-refractivity contribution in [2.75, 3.05) is 0 Å². The molecule has 0 aromatic heterocycles. The Morgan fingerprint density at radius 3 is 2.79 bits per heavy atom. The summed E-state index contributed by atoms with van der Waals surface area (Å²) in [5.41, 5.74) is 3.84. The van der Waals surface area contributed by atoms with Crippen molar-refractivity contribution in [2.24, 2.45) is 34.5 Å². The molecule has 4 aliphatic carbocycles. The molecule has 1 aromatic rings. The van der Waals surface area contributed by atoms with Crippen molar-refractivity contribution < 1.29 is 10.2 Å². The molecule has 3 fully saturated rings. The molecule has 0 amide bonds. The van der Waals surface area contributed by atoms with E-state index in [0.29, 0.717) is 16.4 Å². The molecule has 0 aliphatic heterocycles. The molecule has 1 aromatic carbocycles. The second-order valence-corrected chi connectivity index (χ2v) is 12.2. The van der Waals surface area contributed by atoms with Gasteiger partial charge in [-0.3, -0.25) is 0 Å². The number of rotatable bonds is 5. The van der Waals surface area contributed by atoms with Crippen LogP contribution in [0.25, 0.3) is 0 Å². The van der Waals surface area contributed by atoms with Crippen molar-refractivity contribution in [3.8, 4) is 6.07 Å². The van der Waals surface area contributed by atoms with Crippen LogP contribution >= 0.6 is 0 Å².